The second kappa shape index (κ2) is 4.55. The summed E-state index contributed by atoms with van der Waals surface area (Å²) in [6, 6.07) is 3.71. The number of hydrogen-bond donors (Lipinski definition) is 1. The van der Waals surface area contributed by atoms with Crippen molar-refractivity contribution in [3.63, 3.8) is 0 Å². The standard InChI is InChI=1S/C13H18O4/c1-15-8-9-10(13(14)6-7-13)4-5-11(16-2)12(9)17-3/h4-5,14H,6-8H2,1-3H3. The smallest absolute Gasteiger partial charge is 0.166 e. The molecule has 2 rings (SSSR count). The van der Waals surface area contributed by atoms with E-state index in [0.29, 0.717) is 18.1 Å². The van der Waals surface area contributed by atoms with Crippen molar-refractivity contribution in [2.45, 2.75) is 25.0 Å². The summed E-state index contributed by atoms with van der Waals surface area (Å²) in [6.45, 7) is 0.401. The molecule has 0 aliphatic heterocycles. The lowest BCUT2D eigenvalue weighted by molar-refractivity contribution is 0.139. The van der Waals surface area contributed by atoms with Crippen molar-refractivity contribution in [2.24, 2.45) is 0 Å². The molecule has 1 N–H and O–H groups in total. The second-order valence-electron chi connectivity index (χ2n) is 4.29. The largest absolute Gasteiger partial charge is 0.493 e. The van der Waals surface area contributed by atoms with Crippen molar-refractivity contribution in [3.05, 3.63) is 23.3 Å². The van der Waals surface area contributed by atoms with Gasteiger partial charge in [-0.05, 0) is 24.5 Å². The topological polar surface area (TPSA) is 47.9 Å². The molecule has 17 heavy (non-hydrogen) atoms. The van der Waals surface area contributed by atoms with Gasteiger partial charge in [-0.1, -0.05) is 6.07 Å². The fourth-order valence-corrected chi connectivity index (χ4v) is 2.10. The van der Waals surface area contributed by atoms with Gasteiger partial charge in [0, 0.05) is 12.7 Å². The van der Waals surface area contributed by atoms with Crippen LogP contribution in [0.3, 0.4) is 0 Å². The lowest BCUT2D eigenvalue weighted by Crippen LogP contribution is -2.11. The van der Waals surface area contributed by atoms with Gasteiger partial charge in [0.1, 0.15) is 0 Å². The summed E-state index contributed by atoms with van der Waals surface area (Å²) in [5, 5.41) is 10.2. The molecule has 1 fully saturated rings. The molecule has 94 valence electrons. The van der Waals surface area contributed by atoms with Crippen LogP contribution in [0.15, 0.2) is 12.1 Å². The molecule has 0 unspecified atom stereocenters. The van der Waals surface area contributed by atoms with E-state index in [1.165, 1.54) is 0 Å². The summed E-state index contributed by atoms with van der Waals surface area (Å²) in [6.07, 6.45) is 1.58. The Hall–Kier alpha value is -1.26. The molecule has 1 aromatic rings. The Balaban J connectivity index is 2.52. The van der Waals surface area contributed by atoms with Crippen LogP contribution in [0.4, 0.5) is 0 Å². The third-order valence-corrected chi connectivity index (χ3v) is 3.16. The van der Waals surface area contributed by atoms with Gasteiger partial charge in [-0.15, -0.1) is 0 Å². The number of ether oxygens (including phenoxy) is 3. The van der Waals surface area contributed by atoms with Gasteiger partial charge in [-0.3, -0.25) is 0 Å². The monoisotopic (exact) mass is 238 g/mol. The van der Waals surface area contributed by atoms with Crippen molar-refractivity contribution in [2.75, 3.05) is 21.3 Å². The molecule has 4 heteroatoms. The minimum atomic E-state index is -0.701. The highest BCUT2D eigenvalue weighted by atomic mass is 16.5. The first-order valence-corrected chi connectivity index (χ1v) is 5.62. The summed E-state index contributed by atoms with van der Waals surface area (Å²) in [4.78, 5) is 0. The van der Waals surface area contributed by atoms with Gasteiger partial charge >= 0.3 is 0 Å². The quantitative estimate of drug-likeness (QED) is 0.850. The van der Waals surface area contributed by atoms with Gasteiger partial charge in [-0.25, -0.2) is 0 Å². The fraction of sp³-hybridized carbons (Fsp3) is 0.538. The van der Waals surface area contributed by atoms with E-state index in [1.54, 1.807) is 21.3 Å². The maximum atomic E-state index is 10.2. The molecule has 0 aromatic heterocycles. The van der Waals surface area contributed by atoms with Crippen LogP contribution >= 0.6 is 0 Å². The Bertz CT molecular complexity index is 410. The predicted molar refractivity (Wildman–Crippen MR) is 63.4 cm³/mol. The van der Waals surface area contributed by atoms with E-state index in [2.05, 4.69) is 0 Å². The summed E-state index contributed by atoms with van der Waals surface area (Å²) in [7, 11) is 4.82. The van der Waals surface area contributed by atoms with Crippen LogP contribution in [0.5, 0.6) is 11.5 Å². The fourth-order valence-electron chi connectivity index (χ4n) is 2.10. The number of aliphatic hydroxyl groups is 1. The van der Waals surface area contributed by atoms with Crippen LogP contribution < -0.4 is 9.47 Å². The first-order valence-electron chi connectivity index (χ1n) is 5.62. The Labute approximate surface area is 101 Å². The maximum Gasteiger partial charge on any atom is 0.166 e. The minimum Gasteiger partial charge on any atom is -0.493 e. The number of benzene rings is 1. The molecule has 0 spiro atoms. The molecule has 1 aliphatic rings. The van der Waals surface area contributed by atoms with Crippen molar-refractivity contribution >= 4 is 0 Å². The Kier molecular flexibility index (Phi) is 3.26. The van der Waals surface area contributed by atoms with Crippen molar-refractivity contribution in [1.29, 1.82) is 0 Å². The molecule has 0 bridgehead atoms. The zero-order chi connectivity index (χ0) is 12.5. The van der Waals surface area contributed by atoms with E-state index in [0.717, 1.165) is 24.0 Å². The Morgan fingerprint density at radius 1 is 1.18 bits per heavy atom. The van der Waals surface area contributed by atoms with Crippen molar-refractivity contribution in [1.82, 2.24) is 0 Å². The Morgan fingerprint density at radius 2 is 1.88 bits per heavy atom. The lowest BCUT2D eigenvalue weighted by atomic mass is 9.99. The van der Waals surface area contributed by atoms with Crippen LogP contribution in [0, 0.1) is 0 Å². The summed E-state index contributed by atoms with van der Waals surface area (Å²) >= 11 is 0. The normalized spacial score (nSPS) is 16.7. The highest BCUT2D eigenvalue weighted by Gasteiger charge is 2.44. The highest BCUT2D eigenvalue weighted by molar-refractivity contribution is 5.53. The van der Waals surface area contributed by atoms with Gasteiger partial charge in [0.05, 0.1) is 26.4 Å². The SMILES string of the molecule is COCc1c(C2(O)CC2)ccc(OC)c1OC. The predicted octanol–water partition coefficient (Wildman–Crippen LogP) is 1.83. The van der Waals surface area contributed by atoms with E-state index in [-0.39, 0.29) is 0 Å². The number of rotatable bonds is 5. The molecule has 1 aliphatic carbocycles. The highest BCUT2D eigenvalue weighted by Crippen LogP contribution is 2.49. The van der Waals surface area contributed by atoms with Gasteiger partial charge in [0.25, 0.3) is 0 Å². The maximum absolute atomic E-state index is 10.2. The second-order valence-corrected chi connectivity index (χ2v) is 4.29. The lowest BCUT2D eigenvalue weighted by Gasteiger charge is -2.19. The first kappa shape index (κ1) is 12.2. The molecule has 1 aromatic carbocycles. The Morgan fingerprint density at radius 3 is 2.35 bits per heavy atom. The first-order chi connectivity index (χ1) is 8.16. The van der Waals surface area contributed by atoms with Crippen molar-refractivity contribution < 1.29 is 19.3 Å². The van der Waals surface area contributed by atoms with Crippen LogP contribution in [0.25, 0.3) is 0 Å². The van der Waals surface area contributed by atoms with E-state index < -0.39 is 5.60 Å². The number of methoxy groups -OCH3 is 3. The zero-order valence-electron chi connectivity index (χ0n) is 10.4. The minimum absolute atomic E-state index is 0.401. The van der Waals surface area contributed by atoms with Crippen molar-refractivity contribution in [3.8, 4) is 11.5 Å². The summed E-state index contributed by atoms with van der Waals surface area (Å²) in [5.74, 6) is 1.31. The van der Waals surface area contributed by atoms with Crippen LogP contribution in [-0.4, -0.2) is 26.4 Å². The van der Waals surface area contributed by atoms with E-state index in [9.17, 15) is 5.11 Å². The average molecular weight is 238 g/mol. The molecular formula is C13H18O4. The molecule has 1 saturated carbocycles. The molecule has 4 nitrogen and oxygen atoms in total. The van der Waals surface area contributed by atoms with Gasteiger partial charge < -0.3 is 19.3 Å². The van der Waals surface area contributed by atoms with Gasteiger partial charge in [-0.2, -0.15) is 0 Å². The molecule has 0 radical (unpaired) electrons. The number of hydrogen-bond acceptors (Lipinski definition) is 4. The summed E-state index contributed by atoms with van der Waals surface area (Å²) in [5.41, 5.74) is 1.05. The van der Waals surface area contributed by atoms with Crippen LogP contribution in [-0.2, 0) is 16.9 Å². The third kappa shape index (κ3) is 2.10. The van der Waals surface area contributed by atoms with E-state index >= 15 is 0 Å². The van der Waals surface area contributed by atoms with Crippen LogP contribution in [0.1, 0.15) is 24.0 Å². The molecule has 0 heterocycles. The summed E-state index contributed by atoms with van der Waals surface area (Å²) < 4.78 is 15.8. The van der Waals surface area contributed by atoms with E-state index in [1.807, 2.05) is 12.1 Å². The molecule has 0 atom stereocenters. The molecular weight excluding hydrogens is 220 g/mol. The average Bonchev–Trinajstić information content (AvgIpc) is 3.08. The molecule has 0 amide bonds. The van der Waals surface area contributed by atoms with Gasteiger partial charge in [0.2, 0.25) is 0 Å². The third-order valence-electron chi connectivity index (χ3n) is 3.16. The van der Waals surface area contributed by atoms with E-state index in [4.69, 9.17) is 14.2 Å². The zero-order valence-corrected chi connectivity index (χ0v) is 10.4. The van der Waals surface area contributed by atoms with Crippen LogP contribution in [0.2, 0.25) is 0 Å². The van der Waals surface area contributed by atoms with Gasteiger partial charge in [0.15, 0.2) is 11.5 Å². The molecule has 0 saturated heterocycles.